The van der Waals surface area contributed by atoms with Crippen LogP contribution in [0, 0.1) is 6.92 Å². The number of fused-ring (bicyclic) bond motifs is 1. The van der Waals surface area contributed by atoms with Crippen LogP contribution >= 0.6 is 0 Å². The first-order valence-corrected chi connectivity index (χ1v) is 12.0. The molecule has 0 fully saturated rings. The maximum atomic E-state index is 13.3. The summed E-state index contributed by atoms with van der Waals surface area (Å²) in [7, 11) is -3.66. The van der Waals surface area contributed by atoms with E-state index in [1.54, 1.807) is 12.1 Å². The highest BCUT2D eigenvalue weighted by Crippen LogP contribution is 2.39. The van der Waals surface area contributed by atoms with Gasteiger partial charge in [-0.2, -0.15) is 0 Å². The number of hydrogen-bond donors (Lipinski definition) is 1. The molecule has 2 atom stereocenters. The van der Waals surface area contributed by atoms with Gasteiger partial charge in [0.15, 0.2) is 0 Å². The Balaban J connectivity index is 1.92. The van der Waals surface area contributed by atoms with Crippen LogP contribution in [0.15, 0.2) is 48.5 Å². The van der Waals surface area contributed by atoms with Crippen LogP contribution in [-0.2, 0) is 14.8 Å². The first kappa shape index (κ1) is 22.2. The fourth-order valence-corrected chi connectivity index (χ4v) is 5.16. The molecule has 3 rings (SSSR count). The first-order chi connectivity index (χ1) is 14.0. The van der Waals surface area contributed by atoms with Crippen molar-refractivity contribution in [1.82, 2.24) is 5.32 Å². The van der Waals surface area contributed by atoms with E-state index in [1.165, 1.54) is 4.31 Å². The number of carbonyl (C=O) groups excluding carboxylic acids is 1. The molecule has 30 heavy (non-hydrogen) atoms. The zero-order valence-electron chi connectivity index (χ0n) is 18.2. The minimum atomic E-state index is -3.66. The molecule has 0 aromatic heterocycles. The lowest BCUT2D eigenvalue weighted by Crippen LogP contribution is -2.51. The van der Waals surface area contributed by atoms with E-state index in [0.717, 1.165) is 23.1 Å². The van der Waals surface area contributed by atoms with Crippen LogP contribution in [0.3, 0.4) is 0 Å². The number of nitrogens with zero attached hydrogens (tertiary/aromatic N) is 1. The quantitative estimate of drug-likeness (QED) is 0.753. The van der Waals surface area contributed by atoms with Gasteiger partial charge < -0.3 is 10.1 Å². The predicted molar refractivity (Wildman–Crippen MR) is 119 cm³/mol. The molecule has 162 valence electrons. The summed E-state index contributed by atoms with van der Waals surface area (Å²) in [6.45, 7) is 7.71. The number of para-hydroxylation sites is 1. The minimum Gasteiger partial charge on any atom is -0.487 e. The Morgan fingerprint density at radius 2 is 1.83 bits per heavy atom. The topological polar surface area (TPSA) is 75.7 Å². The summed E-state index contributed by atoms with van der Waals surface area (Å²) in [6, 6.07) is 13.7. The van der Waals surface area contributed by atoms with Gasteiger partial charge in [0.25, 0.3) is 0 Å². The van der Waals surface area contributed by atoms with Crippen LogP contribution in [0.2, 0.25) is 0 Å². The van der Waals surface area contributed by atoms with Crippen molar-refractivity contribution in [2.24, 2.45) is 0 Å². The van der Waals surface area contributed by atoms with Gasteiger partial charge in [-0.3, -0.25) is 9.10 Å². The second-order valence-corrected chi connectivity index (χ2v) is 10.3. The van der Waals surface area contributed by atoms with Crippen LogP contribution in [0.1, 0.15) is 50.8 Å². The average molecular weight is 431 g/mol. The average Bonchev–Trinajstić information content (AvgIpc) is 2.65. The van der Waals surface area contributed by atoms with E-state index in [9.17, 15) is 13.2 Å². The Morgan fingerprint density at radius 3 is 2.43 bits per heavy atom. The molecule has 1 aliphatic heterocycles. The first-order valence-electron chi connectivity index (χ1n) is 10.2. The minimum absolute atomic E-state index is 0.258. The number of carbonyl (C=O) groups is 1. The standard InChI is InChI=1S/C23H30N2O4S/c1-6-20(25(30(5,27)28)17-13-11-16(2)12-14-17)22(26)24-19-15-23(3,4)29-21-10-8-7-9-18(19)21/h7-14,19-20H,6,15H2,1-5H3,(H,24,26)/t19-,20-/m0/s1. The lowest BCUT2D eigenvalue weighted by molar-refractivity contribution is -0.123. The number of ether oxygens (including phenoxy) is 1. The summed E-state index contributed by atoms with van der Waals surface area (Å²) in [5.41, 5.74) is 1.96. The van der Waals surface area contributed by atoms with Gasteiger partial charge in [0.1, 0.15) is 17.4 Å². The summed E-state index contributed by atoms with van der Waals surface area (Å²) in [4.78, 5) is 13.3. The number of amides is 1. The van der Waals surface area contributed by atoms with Crippen LogP contribution in [0.4, 0.5) is 5.69 Å². The maximum absolute atomic E-state index is 13.3. The molecule has 6 nitrogen and oxygen atoms in total. The number of sulfonamides is 1. The van der Waals surface area contributed by atoms with E-state index in [1.807, 2.05) is 64.1 Å². The fourth-order valence-electron chi connectivity index (χ4n) is 3.95. The number of hydrogen-bond acceptors (Lipinski definition) is 4. The van der Waals surface area contributed by atoms with Crippen LogP contribution in [-0.4, -0.2) is 32.2 Å². The van der Waals surface area contributed by atoms with E-state index in [4.69, 9.17) is 4.74 Å². The molecule has 0 unspecified atom stereocenters. The van der Waals surface area contributed by atoms with Gasteiger partial charge in [0.05, 0.1) is 18.0 Å². The summed E-state index contributed by atoms with van der Waals surface area (Å²) < 4.78 is 32.5. The van der Waals surface area contributed by atoms with Gasteiger partial charge in [0, 0.05) is 12.0 Å². The predicted octanol–water partition coefficient (Wildman–Crippen LogP) is 3.96. The molecule has 1 amide bonds. The van der Waals surface area contributed by atoms with E-state index in [-0.39, 0.29) is 11.9 Å². The Kier molecular flexibility index (Phi) is 6.13. The second-order valence-electron chi connectivity index (χ2n) is 8.48. The summed E-state index contributed by atoms with van der Waals surface area (Å²) in [5.74, 6) is 0.423. The SMILES string of the molecule is CC[C@@H](C(=O)N[C@H]1CC(C)(C)Oc2ccccc21)N(c1ccc(C)cc1)S(C)(=O)=O. The van der Waals surface area contributed by atoms with Crippen molar-refractivity contribution < 1.29 is 17.9 Å². The molecular formula is C23H30N2O4S. The van der Waals surface area contributed by atoms with Gasteiger partial charge in [-0.25, -0.2) is 8.42 Å². The third-order valence-electron chi connectivity index (χ3n) is 5.31. The lowest BCUT2D eigenvalue weighted by Gasteiger charge is -2.39. The van der Waals surface area contributed by atoms with Gasteiger partial charge in [-0.15, -0.1) is 0 Å². The number of anilines is 1. The van der Waals surface area contributed by atoms with Crippen LogP contribution in [0.5, 0.6) is 5.75 Å². The molecule has 2 aromatic carbocycles. The van der Waals surface area contributed by atoms with Crippen molar-refractivity contribution in [2.45, 2.75) is 58.2 Å². The van der Waals surface area contributed by atoms with E-state index >= 15 is 0 Å². The normalized spacial score (nSPS) is 18.6. The zero-order valence-corrected chi connectivity index (χ0v) is 19.0. The molecule has 1 aliphatic rings. The number of rotatable bonds is 6. The monoisotopic (exact) mass is 430 g/mol. The molecule has 0 spiro atoms. The smallest absolute Gasteiger partial charge is 0.244 e. The van der Waals surface area contributed by atoms with Crippen LogP contribution < -0.4 is 14.4 Å². The summed E-state index contributed by atoms with van der Waals surface area (Å²) in [5, 5.41) is 3.09. The zero-order chi connectivity index (χ0) is 22.1. The van der Waals surface area contributed by atoms with E-state index < -0.39 is 21.7 Å². The highest BCUT2D eigenvalue weighted by atomic mass is 32.2. The van der Waals surface area contributed by atoms with Crippen molar-refractivity contribution in [3.8, 4) is 5.75 Å². The molecule has 2 aromatic rings. The molecule has 0 radical (unpaired) electrons. The molecule has 0 bridgehead atoms. The van der Waals surface area contributed by atoms with Gasteiger partial charge >= 0.3 is 0 Å². The second kappa shape index (κ2) is 8.30. The Morgan fingerprint density at radius 1 is 1.20 bits per heavy atom. The Bertz CT molecular complexity index is 1020. The third kappa shape index (κ3) is 4.78. The largest absolute Gasteiger partial charge is 0.487 e. The molecule has 1 heterocycles. The molecule has 0 saturated carbocycles. The van der Waals surface area contributed by atoms with Gasteiger partial charge in [0.2, 0.25) is 15.9 Å². The number of aryl methyl sites for hydroxylation is 1. The van der Waals surface area contributed by atoms with Crippen molar-refractivity contribution in [1.29, 1.82) is 0 Å². The van der Waals surface area contributed by atoms with E-state index in [0.29, 0.717) is 18.5 Å². The van der Waals surface area contributed by atoms with Crippen molar-refractivity contribution >= 4 is 21.6 Å². The maximum Gasteiger partial charge on any atom is 0.244 e. The van der Waals surface area contributed by atoms with E-state index in [2.05, 4.69) is 5.32 Å². The molecule has 1 N–H and O–H groups in total. The summed E-state index contributed by atoms with van der Waals surface area (Å²) >= 11 is 0. The summed E-state index contributed by atoms with van der Waals surface area (Å²) in [6.07, 6.45) is 2.08. The third-order valence-corrected chi connectivity index (χ3v) is 6.49. The number of nitrogens with one attached hydrogen (secondary N) is 1. The molecule has 7 heteroatoms. The Labute approximate surface area is 179 Å². The van der Waals surface area contributed by atoms with Crippen LogP contribution in [0.25, 0.3) is 0 Å². The van der Waals surface area contributed by atoms with Gasteiger partial charge in [-0.05, 0) is 45.4 Å². The number of benzene rings is 2. The highest BCUT2D eigenvalue weighted by Gasteiger charge is 2.37. The Hall–Kier alpha value is -2.54. The molecular weight excluding hydrogens is 400 g/mol. The van der Waals surface area contributed by atoms with Crippen molar-refractivity contribution in [3.05, 3.63) is 59.7 Å². The lowest BCUT2D eigenvalue weighted by atomic mass is 9.89. The van der Waals surface area contributed by atoms with Crippen molar-refractivity contribution in [3.63, 3.8) is 0 Å². The molecule has 0 saturated heterocycles. The molecule has 0 aliphatic carbocycles. The van der Waals surface area contributed by atoms with Crippen molar-refractivity contribution in [2.75, 3.05) is 10.6 Å². The van der Waals surface area contributed by atoms with Gasteiger partial charge in [-0.1, -0.05) is 42.8 Å². The highest BCUT2D eigenvalue weighted by molar-refractivity contribution is 7.92. The fraction of sp³-hybridized carbons (Fsp3) is 0.435.